The number of rotatable bonds is 7. The average Bonchev–Trinajstić information content (AvgIpc) is 3.88. The van der Waals surface area contributed by atoms with Crippen molar-refractivity contribution in [2.24, 2.45) is 0 Å². The second kappa shape index (κ2) is 14.7. The molecular formula is C57H37N5. The topological polar surface area (TPSA) is 48.5 Å². The normalized spacial score (nSPS) is 11.5. The van der Waals surface area contributed by atoms with Gasteiger partial charge in [-0.15, -0.1) is 0 Å². The van der Waals surface area contributed by atoms with Gasteiger partial charge in [0.05, 0.1) is 22.1 Å². The van der Waals surface area contributed by atoms with Gasteiger partial charge in [-0.3, -0.25) is 9.13 Å². The molecule has 0 saturated heterocycles. The molecule has 5 nitrogen and oxygen atoms in total. The molecule has 0 bridgehead atoms. The summed E-state index contributed by atoms with van der Waals surface area (Å²) in [5.74, 6) is 1.73. The highest BCUT2D eigenvalue weighted by molar-refractivity contribution is 6.10. The summed E-state index contributed by atoms with van der Waals surface area (Å²) in [6.45, 7) is 0. The standard InChI is InChI=1S/C57H37N5/c1-2-14-38(15-3-1)43-16-12-17-44(36-43)39-28-30-40(31-29-39)45-18-13-19-46(37-45)41-32-34-42(35-33-41)55-58-56(61-51-24-8-4-20-47(51)48-21-5-9-25-52(48)61)60-57(59-55)62-53-26-10-6-22-49(53)50-23-7-11-27-54(50)62/h1-37H. The maximum absolute atomic E-state index is 5.29. The van der Waals surface area contributed by atoms with E-state index in [1.807, 2.05) is 0 Å². The van der Waals surface area contributed by atoms with Crippen LogP contribution in [-0.4, -0.2) is 24.1 Å². The maximum Gasteiger partial charge on any atom is 0.240 e. The Kier molecular flexibility index (Phi) is 8.42. The molecule has 3 heterocycles. The molecular weight excluding hydrogens is 755 g/mol. The van der Waals surface area contributed by atoms with Gasteiger partial charge in [0.15, 0.2) is 5.82 Å². The number of hydrogen-bond acceptors (Lipinski definition) is 3. The summed E-state index contributed by atoms with van der Waals surface area (Å²) in [5.41, 5.74) is 14.5. The first kappa shape index (κ1) is 35.5. The monoisotopic (exact) mass is 791 g/mol. The molecule has 0 radical (unpaired) electrons. The van der Waals surface area contributed by atoms with E-state index < -0.39 is 0 Å². The van der Waals surface area contributed by atoms with E-state index in [1.54, 1.807) is 0 Å². The summed E-state index contributed by atoms with van der Waals surface area (Å²) in [4.78, 5) is 15.8. The van der Waals surface area contributed by atoms with Crippen molar-refractivity contribution in [1.29, 1.82) is 0 Å². The molecule has 9 aromatic carbocycles. The highest BCUT2D eigenvalue weighted by Gasteiger charge is 2.20. The molecule has 0 fully saturated rings. The van der Waals surface area contributed by atoms with Crippen molar-refractivity contribution in [1.82, 2.24) is 24.1 Å². The lowest BCUT2D eigenvalue weighted by molar-refractivity contribution is 0.893. The van der Waals surface area contributed by atoms with E-state index in [-0.39, 0.29) is 0 Å². The lowest BCUT2D eigenvalue weighted by Gasteiger charge is -2.13. The predicted octanol–water partition coefficient (Wildman–Crippen LogP) is 14.4. The maximum atomic E-state index is 5.29. The number of hydrogen-bond donors (Lipinski definition) is 0. The quantitative estimate of drug-likeness (QED) is 0.162. The van der Waals surface area contributed by atoms with Gasteiger partial charge in [-0.25, -0.2) is 0 Å². The van der Waals surface area contributed by atoms with Crippen LogP contribution in [0.5, 0.6) is 0 Å². The number of para-hydroxylation sites is 4. The van der Waals surface area contributed by atoms with Crippen LogP contribution < -0.4 is 0 Å². The zero-order valence-corrected chi connectivity index (χ0v) is 33.6. The molecule has 0 N–H and O–H groups in total. The van der Waals surface area contributed by atoms with Crippen molar-refractivity contribution in [3.8, 4) is 67.8 Å². The Bertz CT molecular complexity index is 3380. The number of nitrogens with zero attached hydrogens (tertiary/aromatic N) is 5. The molecule has 62 heavy (non-hydrogen) atoms. The summed E-state index contributed by atoms with van der Waals surface area (Å²) < 4.78 is 4.34. The fraction of sp³-hybridized carbons (Fsp3) is 0. The summed E-state index contributed by atoms with van der Waals surface area (Å²) in [6.07, 6.45) is 0. The molecule has 0 atom stereocenters. The Labute approximate surface area is 358 Å². The molecule has 0 aliphatic carbocycles. The van der Waals surface area contributed by atoms with Gasteiger partial charge < -0.3 is 0 Å². The number of fused-ring (bicyclic) bond motifs is 6. The van der Waals surface area contributed by atoms with Gasteiger partial charge in [0.25, 0.3) is 0 Å². The van der Waals surface area contributed by atoms with Crippen molar-refractivity contribution in [2.75, 3.05) is 0 Å². The molecule has 290 valence electrons. The van der Waals surface area contributed by atoms with Crippen LogP contribution in [0.25, 0.3) is 111 Å². The van der Waals surface area contributed by atoms with Crippen LogP contribution in [-0.2, 0) is 0 Å². The van der Waals surface area contributed by atoms with E-state index in [2.05, 4.69) is 234 Å². The summed E-state index contributed by atoms with van der Waals surface area (Å²) >= 11 is 0. The molecule has 12 aromatic rings. The van der Waals surface area contributed by atoms with E-state index in [0.717, 1.165) is 60.3 Å². The Morgan fingerprint density at radius 1 is 0.226 bits per heavy atom. The minimum absolute atomic E-state index is 0.566. The van der Waals surface area contributed by atoms with Crippen LogP contribution >= 0.6 is 0 Å². The molecule has 0 saturated carbocycles. The third kappa shape index (κ3) is 6.06. The molecule has 0 unspecified atom stereocenters. The number of benzene rings is 9. The van der Waals surface area contributed by atoms with Crippen LogP contribution in [0.2, 0.25) is 0 Å². The minimum Gasteiger partial charge on any atom is -0.278 e. The van der Waals surface area contributed by atoms with Gasteiger partial charge in [0.2, 0.25) is 11.9 Å². The Morgan fingerprint density at radius 3 is 0.887 bits per heavy atom. The lowest BCUT2D eigenvalue weighted by Crippen LogP contribution is -2.10. The second-order valence-electron chi connectivity index (χ2n) is 15.7. The van der Waals surface area contributed by atoms with E-state index in [4.69, 9.17) is 15.0 Å². The zero-order chi connectivity index (χ0) is 41.0. The first-order chi connectivity index (χ1) is 30.7. The van der Waals surface area contributed by atoms with E-state index in [0.29, 0.717) is 17.7 Å². The van der Waals surface area contributed by atoms with E-state index in [9.17, 15) is 0 Å². The van der Waals surface area contributed by atoms with Gasteiger partial charge in [0.1, 0.15) is 0 Å². The van der Waals surface area contributed by atoms with Gasteiger partial charge in [-0.2, -0.15) is 15.0 Å². The van der Waals surface area contributed by atoms with Gasteiger partial charge in [0, 0.05) is 27.1 Å². The smallest absolute Gasteiger partial charge is 0.240 e. The molecule has 0 spiro atoms. The van der Waals surface area contributed by atoms with Crippen molar-refractivity contribution in [3.05, 3.63) is 224 Å². The minimum atomic E-state index is 0.566. The molecule has 0 aliphatic heterocycles. The van der Waals surface area contributed by atoms with Crippen LogP contribution in [0.3, 0.4) is 0 Å². The fourth-order valence-electron chi connectivity index (χ4n) is 9.01. The first-order valence-electron chi connectivity index (χ1n) is 20.9. The molecule has 0 aliphatic rings. The van der Waals surface area contributed by atoms with Gasteiger partial charge in [-0.1, -0.05) is 188 Å². The summed E-state index contributed by atoms with van der Waals surface area (Å²) in [7, 11) is 0. The SMILES string of the molecule is c1ccc(-c2cccc(-c3ccc(-c4cccc(-c5ccc(-c6nc(-n7c8ccccc8c8ccccc87)nc(-n7c8ccccc8c8ccccc87)n6)cc5)c4)cc3)c2)cc1. The average molecular weight is 792 g/mol. The molecule has 12 rings (SSSR count). The molecule has 0 amide bonds. The van der Waals surface area contributed by atoms with E-state index >= 15 is 0 Å². The van der Waals surface area contributed by atoms with Crippen molar-refractivity contribution < 1.29 is 0 Å². The van der Waals surface area contributed by atoms with Gasteiger partial charge >= 0.3 is 0 Å². The van der Waals surface area contributed by atoms with Crippen LogP contribution in [0.4, 0.5) is 0 Å². The lowest BCUT2D eigenvalue weighted by atomic mass is 9.95. The third-order valence-corrected chi connectivity index (χ3v) is 12.0. The Balaban J connectivity index is 0.929. The fourth-order valence-corrected chi connectivity index (χ4v) is 9.01. The summed E-state index contributed by atoms with van der Waals surface area (Å²) in [5, 5.41) is 4.61. The van der Waals surface area contributed by atoms with Crippen molar-refractivity contribution in [3.63, 3.8) is 0 Å². The number of aromatic nitrogens is 5. The van der Waals surface area contributed by atoms with Crippen LogP contribution in [0, 0.1) is 0 Å². The largest absolute Gasteiger partial charge is 0.278 e. The Hall–Kier alpha value is -8.41. The van der Waals surface area contributed by atoms with Crippen LogP contribution in [0.1, 0.15) is 0 Å². The van der Waals surface area contributed by atoms with Gasteiger partial charge in [-0.05, 0) is 80.9 Å². The zero-order valence-electron chi connectivity index (χ0n) is 33.6. The highest BCUT2D eigenvalue weighted by atomic mass is 15.3. The van der Waals surface area contributed by atoms with Crippen molar-refractivity contribution >= 4 is 43.6 Å². The van der Waals surface area contributed by atoms with Crippen molar-refractivity contribution in [2.45, 2.75) is 0 Å². The Morgan fingerprint density at radius 2 is 0.516 bits per heavy atom. The summed E-state index contributed by atoms with van der Waals surface area (Å²) in [6, 6.07) is 79.4. The third-order valence-electron chi connectivity index (χ3n) is 12.0. The molecule has 5 heteroatoms. The van der Waals surface area contributed by atoms with Crippen LogP contribution in [0.15, 0.2) is 224 Å². The second-order valence-corrected chi connectivity index (χ2v) is 15.7. The van der Waals surface area contributed by atoms with E-state index in [1.165, 1.54) is 33.4 Å². The first-order valence-corrected chi connectivity index (χ1v) is 20.9. The molecule has 3 aromatic heterocycles. The highest BCUT2D eigenvalue weighted by Crippen LogP contribution is 2.36. The predicted molar refractivity (Wildman–Crippen MR) is 256 cm³/mol.